The van der Waals surface area contributed by atoms with Gasteiger partial charge in [0, 0.05) is 23.5 Å². The Balaban J connectivity index is 1.64. The fourth-order valence-electron chi connectivity index (χ4n) is 3.26. The number of likely N-dealkylation sites (tertiary alicyclic amines) is 1. The van der Waals surface area contributed by atoms with Crippen molar-refractivity contribution in [3.63, 3.8) is 0 Å². The summed E-state index contributed by atoms with van der Waals surface area (Å²) in [4.78, 5) is 2.39. The zero-order chi connectivity index (χ0) is 13.4. The fourth-order valence-corrected chi connectivity index (χ4v) is 3.67. The molecule has 0 spiro atoms. The summed E-state index contributed by atoms with van der Waals surface area (Å²) >= 11 is 3.50. The minimum atomic E-state index is 0.226. The second kappa shape index (κ2) is 5.43. The highest BCUT2D eigenvalue weighted by Crippen LogP contribution is 2.33. The highest BCUT2D eigenvalue weighted by atomic mass is 79.9. The molecule has 104 valence electrons. The van der Waals surface area contributed by atoms with Crippen LogP contribution in [0.4, 0.5) is 0 Å². The van der Waals surface area contributed by atoms with Crippen LogP contribution in [0.1, 0.15) is 18.9 Å². The van der Waals surface area contributed by atoms with Crippen molar-refractivity contribution in [2.75, 3.05) is 19.7 Å². The molecule has 2 heterocycles. The van der Waals surface area contributed by atoms with Crippen LogP contribution in [0.3, 0.4) is 0 Å². The number of ether oxygens (including phenoxy) is 1. The number of hydrogen-bond donors (Lipinski definition) is 1. The first-order chi connectivity index (χ1) is 9.17. The average molecular weight is 326 g/mol. The Morgan fingerprint density at radius 3 is 3.11 bits per heavy atom. The number of benzene rings is 1. The van der Waals surface area contributed by atoms with Crippen LogP contribution in [0, 0.1) is 5.92 Å². The highest BCUT2D eigenvalue weighted by molar-refractivity contribution is 9.10. The van der Waals surface area contributed by atoms with Gasteiger partial charge in [0.05, 0.1) is 6.61 Å². The number of nitrogens with zero attached hydrogens (tertiary/aromatic N) is 1. The minimum Gasteiger partial charge on any atom is -0.488 e. The molecule has 0 saturated carbocycles. The van der Waals surface area contributed by atoms with Gasteiger partial charge in [-0.15, -0.1) is 0 Å². The summed E-state index contributed by atoms with van der Waals surface area (Å²) in [5.41, 5.74) is 1.28. The molecule has 3 nitrogen and oxygen atoms in total. The zero-order valence-electron chi connectivity index (χ0n) is 11.2. The number of fused-ring (bicyclic) bond motifs is 1. The van der Waals surface area contributed by atoms with E-state index in [1.54, 1.807) is 0 Å². The summed E-state index contributed by atoms with van der Waals surface area (Å²) in [7, 11) is 0. The van der Waals surface area contributed by atoms with E-state index in [-0.39, 0.29) is 12.7 Å². The number of rotatable bonds is 3. The monoisotopic (exact) mass is 325 g/mol. The predicted molar refractivity (Wildman–Crippen MR) is 78.5 cm³/mol. The molecule has 1 fully saturated rings. The molecule has 1 saturated heterocycles. The van der Waals surface area contributed by atoms with Crippen LogP contribution < -0.4 is 4.74 Å². The SMILES string of the molecule is CC1CCN(CC2Cc3cc(Br)ccc3O2)C1CO. The Bertz CT molecular complexity index is 465. The lowest BCUT2D eigenvalue weighted by Crippen LogP contribution is -2.41. The van der Waals surface area contributed by atoms with Gasteiger partial charge in [0.15, 0.2) is 0 Å². The molecule has 1 N–H and O–H groups in total. The maximum Gasteiger partial charge on any atom is 0.123 e. The summed E-state index contributed by atoms with van der Waals surface area (Å²) in [5, 5.41) is 9.50. The van der Waals surface area contributed by atoms with Gasteiger partial charge < -0.3 is 9.84 Å². The molecule has 2 aliphatic heterocycles. The van der Waals surface area contributed by atoms with Gasteiger partial charge in [-0.3, -0.25) is 4.90 Å². The quantitative estimate of drug-likeness (QED) is 0.926. The lowest BCUT2D eigenvalue weighted by Gasteiger charge is -2.27. The topological polar surface area (TPSA) is 32.7 Å². The van der Waals surface area contributed by atoms with Crippen LogP contribution in [0.5, 0.6) is 5.75 Å². The second-order valence-electron chi connectivity index (χ2n) is 5.71. The van der Waals surface area contributed by atoms with Gasteiger partial charge in [0.2, 0.25) is 0 Å². The fraction of sp³-hybridized carbons (Fsp3) is 0.600. The van der Waals surface area contributed by atoms with Gasteiger partial charge in [0.1, 0.15) is 11.9 Å². The normalized spacial score (nSPS) is 30.4. The van der Waals surface area contributed by atoms with E-state index in [0.29, 0.717) is 12.0 Å². The molecule has 4 heteroatoms. The number of hydrogen-bond acceptors (Lipinski definition) is 3. The smallest absolute Gasteiger partial charge is 0.123 e. The van der Waals surface area contributed by atoms with Crippen LogP contribution in [0.15, 0.2) is 22.7 Å². The van der Waals surface area contributed by atoms with Gasteiger partial charge in [-0.1, -0.05) is 22.9 Å². The summed E-state index contributed by atoms with van der Waals surface area (Å²) in [5.74, 6) is 1.60. The Kier molecular flexibility index (Phi) is 3.83. The van der Waals surface area contributed by atoms with Gasteiger partial charge in [-0.2, -0.15) is 0 Å². The van der Waals surface area contributed by atoms with Crippen LogP contribution in [0.2, 0.25) is 0 Å². The van der Waals surface area contributed by atoms with Gasteiger partial charge in [-0.25, -0.2) is 0 Å². The number of aliphatic hydroxyl groups excluding tert-OH is 1. The molecule has 0 aromatic heterocycles. The van der Waals surface area contributed by atoms with E-state index in [1.165, 1.54) is 12.0 Å². The summed E-state index contributed by atoms with van der Waals surface area (Å²) in [6.45, 7) is 4.47. The lowest BCUT2D eigenvalue weighted by atomic mass is 10.0. The van der Waals surface area contributed by atoms with Crippen LogP contribution in [0.25, 0.3) is 0 Å². The predicted octanol–water partition coefficient (Wildman–Crippen LogP) is 2.46. The molecule has 1 aromatic carbocycles. The molecule has 0 radical (unpaired) electrons. The molecule has 0 amide bonds. The Morgan fingerprint density at radius 2 is 2.32 bits per heavy atom. The first-order valence-corrected chi connectivity index (χ1v) is 7.76. The molecule has 19 heavy (non-hydrogen) atoms. The highest BCUT2D eigenvalue weighted by Gasteiger charge is 2.34. The van der Waals surface area contributed by atoms with E-state index in [2.05, 4.69) is 33.8 Å². The second-order valence-corrected chi connectivity index (χ2v) is 6.62. The summed E-state index contributed by atoms with van der Waals surface area (Å²) < 4.78 is 7.12. The first-order valence-electron chi connectivity index (χ1n) is 6.97. The maximum atomic E-state index is 9.50. The van der Waals surface area contributed by atoms with Gasteiger partial charge in [0.25, 0.3) is 0 Å². The molecule has 3 rings (SSSR count). The number of halogens is 1. The van der Waals surface area contributed by atoms with Crippen molar-refractivity contribution >= 4 is 15.9 Å². The third-order valence-corrected chi connectivity index (χ3v) is 4.88. The van der Waals surface area contributed by atoms with Crippen LogP contribution in [-0.2, 0) is 6.42 Å². The molecule has 0 aliphatic carbocycles. The van der Waals surface area contributed by atoms with Crippen molar-refractivity contribution in [2.24, 2.45) is 5.92 Å². The van der Waals surface area contributed by atoms with Crippen molar-refractivity contribution in [3.8, 4) is 5.75 Å². The standard InChI is InChI=1S/C15H20BrNO2/c1-10-4-5-17(14(10)9-18)8-13-7-11-6-12(16)2-3-15(11)19-13/h2-3,6,10,13-14,18H,4-5,7-9H2,1H3. The van der Waals surface area contributed by atoms with E-state index in [0.717, 1.165) is 29.7 Å². The van der Waals surface area contributed by atoms with Crippen molar-refractivity contribution < 1.29 is 9.84 Å². The maximum absolute atomic E-state index is 9.50. The summed E-state index contributed by atoms with van der Waals surface area (Å²) in [6.07, 6.45) is 2.37. The van der Waals surface area contributed by atoms with Crippen molar-refractivity contribution in [1.29, 1.82) is 0 Å². The van der Waals surface area contributed by atoms with Gasteiger partial charge in [-0.05, 0) is 42.6 Å². The third kappa shape index (κ3) is 2.67. The lowest BCUT2D eigenvalue weighted by molar-refractivity contribution is 0.0973. The van der Waals surface area contributed by atoms with E-state index >= 15 is 0 Å². The zero-order valence-corrected chi connectivity index (χ0v) is 12.8. The Hall–Kier alpha value is -0.580. The molecule has 3 atom stereocenters. The van der Waals surface area contributed by atoms with Crippen LogP contribution >= 0.6 is 15.9 Å². The third-order valence-electron chi connectivity index (χ3n) is 4.39. The Morgan fingerprint density at radius 1 is 1.47 bits per heavy atom. The molecule has 1 aromatic rings. The van der Waals surface area contributed by atoms with E-state index in [1.807, 2.05) is 12.1 Å². The first kappa shape index (κ1) is 13.4. The average Bonchev–Trinajstić information content (AvgIpc) is 2.92. The van der Waals surface area contributed by atoms with Gasteiger partial charge >= 0.3 is 0 Å². The van der Waals surface area contributed by atoms with E-state index in [4.69, 9.17) is 4.74 Å². The van der Waals surface area contributed by atoms with Crippen LogP contribution in [-0.4, -0.2) is 41.8 Å². The largest absolute Gasteiger partial charge is 0.488 e. The molecule has 2 aliphatic rings. The molecular weight excluding hydrogens is 306 g/mol. The van der Waals surface area contributed by atoms with Crippen molar-refractivity contribution in [1.82, 2.24) is 4.90 Å². The Labute approximate surface area is 122 Å². The van der Waals surface area contributed by atoms with Crippen molar-refractivity contribution in [3.05, 3.63) is 28.2 Å². The molecular formula is C15H20BrNO2. The number of aliphatic hydroxyl groups is 1. The van der Waals surface area contributed by atoms with E-state index in [9.17, 15) is 5.11 Å². The minimum absolute atomic E-state index is 0.226. The van der Waals surface area contributed by atoms with E-state index < -0.39 is 0 Å². The molecule has 3 unspecified atom stereocenters. The summed E-state index contributed by atoms with van der Waals surface area (Å²) in [6, 6.07) is 6.51. The van der Waals surface area contributed by atoms with Crippen molar-refractivity contribution in [2.45, 2.75) is 31.9 Å². The molecule has 0 bridgehead atoms.